The summed E-state index contributed by atoms with van der Waals surface area (Å²) >= 11 is 5.69. The molecule has 0 aliphatic carbocycles. The predicted molar refractivity (Wildman–Crippen MR) is 53.0 cm³/mol. The van der Waals surface area contributed by atoms with E-state index in [0.29, 0.717) is 18.8 Å². The van der Waals surface area contributed by atoms with Crippen molar-refractivity contribution < 1.29 is 9.13 Å². The lowest BCUT2D eigenvalue weighted by atomic mass is 10.1. The lowest BCUT2D eigenvalue weighted by Crippen LogP contribution is -2.35. The smallest absolute Gasteiger partial charge is 0.146 e. The van der Waals surface area contributed by atoms with Gasteiger partial charge in [-0.1, -0.05) is 23.7 Å². The Hall–Kier alpha value is -0.640. The first-order valence-electron chi connectivity index (χ1n) is 4.54. The lowest BCUT2D eigenvalue weighted by Gasteiger charge is -2.24. The van der Waals surface area contributed by atoms with E-state index in [9.17, 15) is 4.39 Å². The van der Waals surface area contributed by atoms with Crippen LogP contribution in [0.4, 0.5) is 4.39 Å². The molecule has 1 aromatic rings. The highest BCUT2D eigenvalue weighted by Gasteiger charge is 2.19. The Morgan fingerprint density at radius 1 is 1.50 bits per heavy atom. The van der Waals surface area contributed by atoms with E-state index >= 15 is 0 Å². The number of morpholine rings is 1. The number of hydrogen-bond acceptors (Lipinski definition) is 2. The largest absolute Gasteiger partial charge is 0.378 e. The first-order chi connectivity index (χ1) is 6.79. The molecular weight excluding hydrogens is 205 g/mol. The molecule has 1 saturated heterocycles. The van der Waals surface area contributed by atoms with Gasteiger partial charge in [-0.2, -0.15) is 0 Å². The van der Waals surface area contributed by atoms with E-state index in [1.165, 1.54) is 0 Å². The van der Waals surface area contributed by atoms with Gasteiger partial charge in [-0.05, 0) is 6.07 Å². The van der Waals surface area contributed by atoms with Crippen LogP contribution in [0, 0.1) is 5.82 Å². The van der Waals surface area contributed by atoms with Crippen molar-refractivity contribution in [3.05, 3.63) is 34.6 Å². The van der Waals surface area contributed by atoms with Gasteiger partial charge >= 0.3 is 0 Å². The van der Waals surface area contributed by atoms with E-state index < -0.39 is 0 Å². The molecule has 1 aliphatic heterocycles. The number of hydrogen-bond donors (Lipinski definition) is 1. The maximum atomic E-state index is 13.6. The molecule has 2 rings (SSSR count). The summed E-state index contributed by atoms with van der Waals surface area (Å²) in [6.45, 7) is 1.92. The molecule has 2 nitrogen and oxygen atoms in total. The van der Waals surface area contributed by atoms with Crippen LogP contribution in [0.2, 0.25) is 5.02 Å². The first kappa shape index (κ1) is 9.90. The Morgan fingerprint density at radius 3 is 3.07 bits per heavy atom. The summed E-state index contributed by atoms with van der Waals surface area (Å²) in [7, 11) is 0. The molecule has 76 valence electrons. The average molecular weight is 216 g/mol. The molecule has 0 unspecified atom stereocenters. The van der Waals surface area contributed by atoms with Crippen LogP contribution < -0.4 is 5.32 Å². The van der Waals surface area contributed by atoms with Crippen LogP contribution in [0.5, 0.6) is 0 Å². The van der Waals surface area contributed by atoms with Crippen LogP contribution in [-0.2, 0) is 4.74 Å². The highest BCUT2D eigenvalue weighted by Crippen LogP contribution is 2.24. The van der Waals surface area contributed by atoms with Crippen molar-refractivity contribution in [3.8, 4) is 0 Å². The lowest BCUT2D eigenvalue weighted by molar-refractivity contribution is 0.0757. The van der Waals surface area contributed by atoms with Crippen LogP contribution in [-0.4, -0.2) is 19.8 Å². The summed E-state index contributed by atoms with van der Waals surface area (Å²) in [5.41, 5.74) is 0.581. The molecule has 1 aliphatic rings. The molecule has 1 N–H and O–H groups in total. The molecule has 0 aromatic heterocycles. The summed E-state index contributed by atoms with van der Waals surface area (Å²) in [6, 6.07) is 4.94. The quantitative estimate of drug-likeness (QED) is 0.775. The van der Waals surface area contributed by atoms with Gasteiger partial charge in [0.2, 0.25) is 0 Å². The SMILES string of the molecule is Fc1c(Cl)cccc1[C@H]1COCCN1. The van der Waals surface area contributed by atoms with Crippen LogP contribution in [0.3, 0.4) is 0 Å². The second-order valence-corrected chi connectivity index (χ2v) is 3.63. The maximum absolute atomic E-state index is 13.6. The van der Waals surface area contributed by atoms with Crippen molar-refractivity contribution in [3.63, 3.8) is 0 Å². The molecule has 1 atom stereocenters. The van der Waals surface area contributed by atoms with Gasteiger partial charge in [0.15, 0.2) is 0 Å². The monoisotopic (exact) mass is 215 g/mol. The van der Waals surface area contributed by atoms with Crippen LogP contribution in [0.1, 0.15) is 11.6 Å². The minimum atomic E-state index is -0.350. The topological polar surface area (TPSA) is 21.3 Å². The normalized spacial score (nSPS) is 22.3. The van der Waals surface area contributed by atoms with E-state index in [-0.39, 0.29) is 16.9 Å². The Balaban J connectivity index is 2.26. The summed E-state index contributed by atoms with van der Waals surface area (Å²) < 4.78 is 18.8. The Kier molecular flexibility index (Phi) is 3.01. The number of ether oxygens (including phenoxy) is 1. The van der Waals surface area contributed by atoms with Gasteiger partial charge in [-0.3, -0.25) is 0 Å². The van der Waals surface area contributed by atoms with E-state index in [4.69, 9.17) is 16.3 Å². The molecule has 1 aromatic carbocycles. The number of nitrogens with one attached hydrogen (secondary N) is 1. The average Bonchev–Trinajstić information content (AvgIpc) is 2.23. The molecular formula is C10H11ClFNO. The fourth-order valence-electron chi connectivity index (χ4n) is 1.55. The predicted octanol–water partition coefficient (Wildman–Crippen LogP) is 2.14. The summed E-state index contributed by atoms with van der Waals surface area (Å²) in [4.78, 5) is 0. The fourth-order valence-corrected chi connectivity index (χ4v) is 1.74. The molecule has 0 bridgehead atoms. The zero-order chi connectivity index (χ0) is 9.97. The third kappa shape index (κ3) is 1.90. The molecule has 0 amide bonds. The van der Waals surface area contributed by atoms with Crippen LogP contribution in [0.25, 0.3) is 0 Å². The number of halogens is 2. The third-order valence-corrected chi connectivity index (χ3v) is 2.57. The van der Waals surface area contributed by atoms with Gasteiger partial charge in [0, 0.05) is 12.1 Å². The van der Waals surface area contributed by atoms with Crippen LogP contribution in [0.15, 0.2) is 18.2 Å². The van der Waals surface area contributed by atoms with Gasteiger partial charge < -0.3 is 10.1 Å². The van der Waals surface area contributed by atoms with E-state index in [0.717, 1.165) is 6.54 Å². The van der Waals surface area contributed by atoms with Gasteiger partial charge in [0.1, 0.15) is 5.82 Å². The van der Waals surface area contributed by atoms with Crippen molar-refractivity contribution in [1.29, 1.82) is 0 Å². The van der Waals surface area contributed by atoms with Crippen molar-refractivity contribution in [2.24, 2.45) is 0 Å². The maximum Gasteiger partial charge on any atom is 0.146 e. The molecule has 4 heteroatoms. The Morgan fingerprint density at radius 2 is 2.36 bits per heavy atom. The second kappa shape index (κ2) is 4.26. The molecule has 1 heterocycles. The van der Waals surface area contributed by atoms with Crippen molar-refractivity contribution in [1.82, 2.24) is 5.32 Å². The number of benzene rings is 1. The van der Waals surface area contributed by atoms with Gasteiger partial charge in [0.25, 0.3) is 0 Å². The van der Waals surface area contributed by atoms with E-state index in [2.05, 4.69) is 5.32 Å². The third-order valence-electron chi connectivity index (χ3n) is 2.28. The minimum absolute atomic E-state index is 0.0811. The molecule has 1 fully saturated rings. The van der Waals surface area contributed by atoms with Crippen LogP contribution >= 0.6 is 11.6 Å². The van der Waals surface area contributed by atoms with Crippen molar-refractivity contribution >= 4 is 11.6 Å². The second-order valence-electron chi connectivity index (χ2n) is 3.22. The minimum Gasteiger partial charge on any atom is -0.378 e. The standard InChI is InChI=1S/C10H11ClFNO/c11-8-3-1-2-7(10(8)12)9-6-14-5-4-13-9/h1-3,9,13H,4-6H2/t9-/m1/s1. The zero-order valence-corrected chi connectivity index (χ0v) is 8.35. The highest BCUT2D eigenvalue weighted by atomic mass is 35.5. The molecule has 0 radical (unpaired) electrons. The number of rotatable bonds is 1. The molecule has 14 heavy (non-hydrogen) atoms. The summed E-state index contributed by atoms with van der Waals surface area (Å²) in [6.07, 6.45) is 0. The molecule has 0 saturated carbocycles. The zero-order valence-electron chi connectivity index (χ0n) is 7.59. The van der Waals surface area contributed by atoms with E-state index in [1.54, 1.807) is 18.2 Å². The Labute approximate surface area is 87.0 Å². The molecule has 0 spiro atoms. The summed E-state index contributed by atoms with van der Waals surface area (Å²) in [5.74, 6) is -0.350. The highest BCUT2D eigenvalue weighted by molar-refractivity contribution is 6.30. The Bertz CT molecular complexity index is 326. The van der Waals surface area contributed by atoms with Gasteiger partial charge in [-0.25, -0.2) is 4.39 Å². The first-order valence-corrected chi connectivity index (χ1v) is 4.92. The van der Waals surface area contributed by atoms with Gasteiger partial charge in [-0.15, -0.1) is 0 Å². The van der Waals surface area contributed by atoms with Gasteiger partial charge in [0.05, 0.1) is 24.3 Å². The van der Waals surface area contributed by atoms with Crippen molar-refractivity contribution in [2.75, 3.05) is 19.8 Å². The van der Waals surface area contributed by atoms with Crippen molar-refractivity contribution in [2.45, 2.75) is 6.04 Å². The fraction of sp³-hybridized carbons (Fsp3) is 0.400. The van der Waals surface area contributed by atoms with E-state index in [1.807, 2.05) is 0 Å². The summed E-state index contributed by atoms with van der Waals surface area (Å²) in [5, 5.41) is 3.34.